The molecule has 1 amide bonds. The van der Waals surface area contributed by atoms with Gasteiger partial charge in [0.2, 0.25) is 5.91 Å². The summed E-state index contributed by atoms with van der Waals surface area (Å²) in [5.74, 6) is 0.212. The maximum absolute atomic E-state index is 13.2. The van der Waals surface area contributed by atoms with E-state index in [2.05, 4.69) is 0 Å². The van der Waals surface area contributed by atoms with Gasteiger partial charge in [-0.25, -0.2) is 0 Å². The number of fused-ring (bicyclic) bond motifs is 1. The van der Waals surface area contributed by atoms with Gasteiger partial charge in [-0.3, -0.25) is 9.59 Å². The van der Waals surface area contributed by atoms with E-state index in [9.17, 15) is 9.59 Å². The standard InChI is InChI=1S/C24H25NO3/c1-17-11-12-22-21(13-17)23(26)20(16-28-22)15-25(14-18-7-3-2-4-8-18)24(27)19-9-5-6-10-19/h2-4,7-8,11-13,16,19H,5-6,9-10,14-15H2,1H3. The van der Waals surface area contributed by atoms with Gasteiger partial charge in [0.1, 0.15) is 5.58 Å². The van der Waals surface area contributed by atoms with Gasteiger partial charge in [0.25, 0.3) is 0 Å². The topological polar surface area (TPSA) is 50.5 Å². The Bertz CT molecular complexity index is 1030. The smallest absolute Gasteiger partial charge is 0.226 e. The molecule has 1 saturated carbocycles. The van der Waals surface area contributed by atoms with Gasteiger partial charge in [-0.05, 0) is 37.5 Å². The second-order valence-electron chi connectivity index (χ2n) is 7.75. The van der Waals surface area contributed by atoms with Gasteiger partial charge in [0, 0.05) is 12.5 Å². The first-order valence-electron chi connectivity index (χ1n) is 9.95. The lowest BCUT2D eigenvalue weighted by molar-refractivity contribution is -0.136. The zero-order valence-electron chi connectivity index (χ0n) is 16.2. The summed E-state index contributed by atoms with van der Waals surface area (Å²) in [4.78, 5) is 28.0. The summed E-state index contributed by atoms with van der Waals surface area (Å²) in [5.41, 5.74) is 3.13. The van der Waals surface area contributed by atoms with E-state index in [1.807, 2.05) is 60.4 Å². The van der Waals surface area contributed by atoms with Gasteiger partial charge in [0.15, 0.2) is 5.43 Å². The van der Waals surface area contributed by atoms with Crippen LogP contribution in [0.1, 0.15) is 42.4 Å². The molecular weight excluding hydrogens is 350 g/mol. The summed E-state index contributed by atoms with van der Waals surface area (Å²) in [6.45, 7) is 2.73. The van der Waals surface area contributed by atoms with E-state index >= 15 is 0 Å². The van der Waals surface area contributed by atoms with E-state index in [0.29, 0.717) is 23.1 Å². The Hall–Kier alpha value is -2.88. The van der Waals surface area contributed by atoms with Crippen LogP contribution < -0.4 is 5.43 Å². The quantitative estimate of drug-likeness (QED) is 0.642. The van der Waals surface area contributed by atoms with Crippen LogP contribution in [-0.4, -0.2) is 10.8 Å². The fourth-order valence-corrected chi connectivity index (χ4v) is 4.05. The van der Waals surface area contributed by atoms with Gasteiger partial charge in [0.05, 0.1) is 23.8 Å². The molecule has 1 fully saturated rings. The van der Waals surface area contributed by atoms with E-state index in [4.69, 9.17) is 4.42 Å². The van der Waals surface area contributed by atoms with Gasteiger partial charge < -0.3 is 9.32 Å². The number of hydrogen-bond acceptors (Lipinski definition) is 3. The molecule has 2 aromatic carbocycles. The highest BCUT2D eigenvalue weighted by Gasteiger charge is 2.28. The van der Waals surface area contributed by atoms with Crippen molar-refractivity contribution in [2.45, 2.75) is 45.7 Å². The Morgan fingerprint density at radius 3 is 2.57 bits per heavy atom. The number of aryl methyl sites for hydroxylation is 1. The molecule has 1 aliphatic rings. The molecule has 1 aliphatic carbocycles. The van der Waals surface area contributed by atoms with Crippen molar-refractivity contribution in [1.29, 1.82) is 0 Å². The summed E-state index contributed by atoms with van der Waals surface area (Å²) in [7, 11) is 0. The van der Waals surface area contributed by atoms with E-state index in [1.165, 1.54) is 6.26 Å². The van der Waals surface area contributed by atoms with Crippen LogP contribution >= 0.6 is 0 Å². The Morgan fingerprint density at radius 2 is 1.82 bits per heavy atom. The average Bonchev–Trinajstić information content (AvgIpc) is 3.25. The molecule has 3 aromatic rings. The third kappa shape index (κ3) is 3.86. The molecule has 0 atom stereocenters. The lowest BCUT2D eigenvalue weighted by Gasteiger charge is -2.25. The zero-order chi connectivity index (χ0) is 19.5. The number of amides is 1. The minimum atomic E-state index is -0.0535. The first kappa shape index (κ1) is 18.5. The lowest BCUT2D eigenvalue weighted by Crippen LogP contribution is -2.35. The van der Waals surface area contributed by atoms with Crippen molar-refractivity contribution in [3.63, 3.8) is 0 Å². The van der Waals surface area contributed by atoms with E-state index in [1.54, 1.807) is 0 Å². The summed E-state index contributed by atoms with van der Waals surface area (Å²) in [5, 5.41) is 0.575. The molecule has 0 unspecified atom stereocenters. The molecule has 0 aliphatic heterocycles. The highest BCUT2D eigenvalue weighted by Crippen LogP contribution is 2.28. The maximum Gasteiger partial charge on any atom is 0.226 e. The summed E-state index contributed by atoms with van der Waals surface area (Å²) >= 11 is 0. The van der Waals surface area contributed by atoms with Crippen molar-refractivity contribution in [2.75, 3.05) is 0 Å². The van der Waals surface area contributed by atoms with Crippen LogP contribution in [0.3, 0.4) is 0 Å². The van der Waals surface area contributed by atoms with Gasteiger partial charge in [-0.15, -0.1) is 0 Å². The van der Waals surface area contributed by atoms with Crippen LogP contribution in [0.5, 0.6) is 0 Å². The molecule has 0 spiro atoms. The molecule has 1 aromatic heterocycles. The molecule has 0 N–H and O–H groups in total. The largest absolute Gasteiger partial charge is 0.464 e. The fourth-order valence-electron chi connectivity index (χ4n) is 4.05. The van der Waals surface area contributed by atoms with Crippen LogP contribution in [-0.2, 0) is 17.9 Å². The first-order chi connectivity index (χ1) is 13.6. The lowest BCUT2D eigenvalue weighted by atomic mass is 10.0. The predicted octanol–water partition coefficient (Wildman–Crippen LogP) is 4.82. The number of rotatable bonds is 5. The third-order valence-corrected chi connectivity index (χ3v) is 5.59. The molecule has 4 heteroatoms. The van der Waals surface area contributed by atoms with E-state index < -0.39 is 0 Å². The number of carbonyl (C=O) groups excluding carboxylic acids is 1. The minimum absolute atomic E-state index is 0.0535. The minimum Gasteiger partial charge on any atom is -0.464 e. The third-order valence-electron chi connectivity index (χ3n) is 5.59. The van der Waals surface area contributed by atoms with Crippen LogP contribution in [0.15, 0.2) is 64.0 Å². The molecule has 0 radical (unpaired) electrons. The number of hydrogen-bond donors (Lipinski definition) is 0. The first-order valence-corrected chi connectivity index (χ1v) is 9.95. The summed E-state index contributed by atoms with van der Waals surface area (Å²) in [6, 6.07) is 15.5. The van der Waals surface area contributed by atoms with E-state index in [0.717, 1.165) is 36.8 Å². The van der Waals surface area contributed by atoms with Crippen LogP contribution in [0.25, 0.3) is 11.0 Å². The maximum atomic E-state index is 13.2. The molecule has 0 bridgehead atoms. The zero-order valence-corrected chi connectivity index (χ0v) is 16.2. The van der Waals surface area contributed by atoms with Gasteiger partial charge in [-0.2, -0.15) is 0 Å². The molecule has 4 nitrogen and oxygen atoms in total. The highest BCUT2D eigenvalue weighted by atomic mass is 16.3. The predicted molar refractivity (Wildman–Crippen MR) is 110 cm³/mol. The van der Waals surface area contributed by atoms with Crippen molar-refractivity contribution in [2.24, 2.45) is 5.92 Å². The Labute approximate surface area is 164 Å². The number of carbonyl (C=O) groups is 1. The van der Waals surface area contributed by atoms with Crippen LogP contribution in [0, 0.1) is 12.8 Å². The Morgan fingerprint density at radius 1 is 1.07 bits per heavy atom. The molecule has 144 valence electrons. The van der Waals surface area contributed by atoms with Crippen LogP contribution in [0.4, 0.5) is 0 Å². The van der Waals surface area contributed by atoms with Gasteiger partial charge in [-0.1, -0.05) is 54.8 Å². The van der Waals surface area contributed by atoms with Crippen molar-refractivity contribution >= 4 is 16.9 Å². The normalized spacial score (nSPS) is 14.5. The summed E-state index contributed by atoms with van der Waals surface area (Å²) < 4.78 is 5.70. The molecule has 1 heterocycles. The summed E-state index contributed by atoms with van der Waals surface area (Å²) in [6.07, 6.45) is 5.60. The van der Waals surface area contributed by atoms with Crippen molar-refractivity contribution < 1.29 is 9.21 Å². The molecule has 28 heavy (non-hydrogen) atoms. The van der Waals surface area contributed by atoms with Crippen molar-refractivity contribution in [3.8, 4) is 0 Å². The van der Waals surface area contributed by atoms with Crippen molar-refractivity contribution in [3.05, 3.63) is 81.7 Å². The Balaban J connectivity index is 1.66. The number of benzene rings is 2. The molecule has 0 saturated heterocycles. The fraction of sp³-hybridized carbons (Fsp3) is 0.333. The SMILES string of the molecule is Cc1ccc2occ(CN(Cc3ccccc3)C(=O)C3CCCC3)c(=O)c2c1. The molecular formula is C24H25NO3. The monoisotopic (exact) mass is 375 g/mol. The number of nitrogens with zero attached hydrogens (tertiary/aromatic N) is 1. The van der Waals surface area contributed by atoms with E-state index in [-0.39, 0.29) is 23.8 Å². The second-order valence-corrected chi connectivity index (χ2v) is 7.75. The highest BCUT2D eigenvalue weighted by molar-refractivity contribution is 5.80. The molecule has 4 rings (SSSR count). The second kappa shape index (κ2) is 8.01. The van der Waals surface area contributed by atoms with Crippen LogP contribution in [0.2, 0.25) is 0 Å². The Kier molecular flexibility index (Phi) is 5.29. The van der Waals surface area contributed by atoms with Crippen molar-refractivity contribution in [1.82, 2.24) is 4.90 Å². The van der Waals surface area contributed by atoms with Gasteiger partial charge >= 0.3 is 0 Å². The average molecular weight is 375 g/mol.